The van der Waals surface area contributed by atoms with Gasteiger partial charge >= 0.3 is 0 Å². The Balaban J connectivity index is 1.86. The molecular formula is C24H51N3. The number of nitrogens with zero attached hydrogens (tertiary/aromatic N) is 2. The Morgan fingerprint density at radius 1 is 0.630 bits per heavy atom. The molecule has 27 heavy (non-hydrogen) atoms. The lowest BCUT2D eigenvalue weighted by atomic mass is 10.0. The van der Waals surface area contributed by atoms with Crippen LogP contribution in [0.4, 0.5) is 0 Å². The first-order chi connectivity index (χ1) is 13.3. The van der Waals surface area contributed by atoms with Crippen LogP contribution in [-0.2, 0) is 0 Å². The summed E-state index contributed by atoms with van der Waals surface area (Å²) in [7, 11) is 0. The number of unbranched alkanes of at least 4 members (excludes halogenated alkanes) is 14. The van der Waals surface area contributed by atoms with Crippen LogP contribution in [-0.4, -0.2) is 48.7 Å². The molecule has 1 aliphatic heterocycles. The third kappa shape index (κ3) is 12.1. The van der Waals surface area contributed by atoms with Crippen molar-refractivity contribution in [3.8, 4) is 0 Å². The van der Waals surface area contributed by atoms with Gasteiger partial charge in [-0.25, -0.2) is 0 Å². The van der Waals surface area contributed by atoms with Gasteiger partial charge in [-0.1, -0.05) is 110 Å². The van der Waals surface area contributed by atoms with Crippen molar-refractivity contribution in [1.29, 1.82) is 0 Å². The van der Waals surface area contributed by atoms with Crippen LogP contribution in [0.5, 0.6) is 0 Å². The average Bonchev–Trinajstić information content (AvgIpc) is 3.07. The molecule has 1 fully saturated rings. The molecule has 162 valence electrons. The highest BCUT2D eigenvalue weighted by Crippen LogP contribution is 2.20. The summed E-state index contributed by atoms with van der Waals surface area (Å²) in [6.45, 7) is 10.1. The van der Waals surface area contributed by atoms with Gasteiger partial charge in [-0.15, -0.1) is 0 Å². The second-order valence-corrected chi connectivity index (χ2v) is 8.67. The zero-order valence-electron chi connectivity index (χ0n) is 18.9. The summed E-state index contributed by atoms with van der Waals surface area (Å²) in [5.74, 6) is 0. The SMILES string of the molecule is CCCCCCCCCCCCCCCCCC1N(CC)CCN1CCN. The molecule has 3 nitrogen and oxygen atoms in total. The minimum atomic E-state index is 0.667. The molecule has 3 heteroatoms. The van der Waals surface area contributed by atoms with Gasteiger partial charge < -0.3 is 5.73 Å². The third-order valence-corrected chi connectivity index (χ3v) is 6.41. The highest BCUT2D eigenvalue weighted by Gasteiger charge is 2.29. The second-order valence-electron chi connectivity index (χ2n) is 8.67. The Morgan fingerprint density at radius 2 is 1.07 bits per heavy atom. The molecule has 0 amide bonds. The molecule has 0 aliphatic carbocycles. The number of hydrogen-bond donors (Lipinski definition) is 1. The molecule has 1 atom stereocenters. The molecule has 0 bridgehead atoms. The molecule has 0 aromatic carbocycles. The van der Waals surface area contributed by atoms with Crippen LogP contribution in [0.1, 0.15) is 117 Å². The van der Waals surface area contributed by atoms with Gasteiger partial charge in [-0.3, -0.25) is 9.80 Å². The molecule has 1 saturated heterocycles. The van der Waals surface area contributed by atoms with E-state index in [1.165, 1.54) is 122 Å². The Labute approximate surface area is 171 Å². The largest absolute Gasteiger partial charge is 0.329 e. The number of nitrogens with two attached hydrogens (primary N) is 1. The van der Waals surface area contributed by atoms with Crippen LogP contribution in [0, 0.1) is 0 Å². The van der Waals surface area contributed by atoms with Crippen LogP contribution in [0.2, 0.25) is 0 Å². The Hall–Kier alpha value is -0.120. The van der Waals surface area contributed by atoms with Gasteiger partial charge in [0.2, 0.25) is 0 Å². The zero-order valence-corrected chi connectivity index (χ0v) is 18.9. The van der Waals surface area contributed by atoms with E-state index in [1.54, 1.807) is 0 Å². The fourth-order valence-electron chi connectivity index (χ4n) is 4.64. The summed E-state index contributed by atoms with van der Waals surface area (Å²) < 4.78 is 0. The molecule has 2 N–H and O–H groups in total. The Morgan fingerprint density at radius 3 is 1.52 bits per heavy atom. The van der Waals surface area contributed by atoms with Crippen LogP contribution in [0.15, 0.2) is 0 Å². The van der Waals surface area contributed by atoms with E-state index in [4.69, 9.17) is 5.73 Å². The lowest BCUT2D eigenvalue weighted by Gasteiger charge is -2.29. The maximum Gasteiger partial charge on any atom is 0.0623 e. The van der Waals surface area contributed by atoms with E-state index in [0.717, 1.165) is 13.1 Å². The van der Waals surface area contributed by atoms with Crippen LogP contribution < -0.4 is 5.73 Å². The molecule has 1 rings (SSSR count). The summed E-state index contributed by atoms with van der Waals surface area (Å²) >= 11 is 0. The van der Waals surface area contributed by atoms with E-state index in [0.29, 0.717) is 6.17 Å². The first-order valence-corrected chi connectivity index (χ1v) is 12.5. The molecule has 0 radical (unpaired) electrons. The van der Waals surface area contributed by atoms with E-state index in [9.17, 15) is 0 Å². The van der Waals surface area contributed by atoms with Crippen molar-refractivity contribution < 1.29 is 0 Å². The smallest absolute Gasteiger partial charge is 0.0623 e. The molecule has 1 heterocycles. The summed E-state index contributed by atoms with van der Waals surface area (Å²) in [4.78, 5) is 5.24. The van der Waals surface area contributed by atoms with Gasteiger partial charge in [0.25, 0.3) is 0 Å². The van der Waals surface area contributed by atoms with E-state index in [1.807, 2.05) is 0 Å². The third-order valence-electron chi connectivity index (χ3n) is 6.41. The summed E-state index contributed by atoms with van der Waals surface area (Å²) in [6.07, 6.45) is 23.7. The van der Waals surface area contributed by atoms with Crippen molar-refractivity contribution in [2.75, 3.05) is 32.7 Å². The van der Waals surface area contributed by atoms with E-state index in [-0.39, 0.29) is 0 Å². The highest BCUT2D eigenvalue weighted by molar-refractivity contribution is 4.81. The van der Waals surface area contributed by atoms with Gasteiger partial charge in [0, 0.05) is 26.2 Å². The average molecular weight is 382 g/mol. The standard InChI is InChI=1S/C24H51N3/c1-3-5-6-7-8-9-10-11-12-13-14-15-16-17-18-19-24-26(4-2)22-23-27(24)21-20-25/h24H,3-23,25H2,1-2H3. The first-order valence-electron chi connectivity index (χ1n) is 12.5. The van der Waals surface area contributed by atoms with Gasteiger partial charge in [0.15, 0.2) is 0 Å². The molecule has 0 spiro atoms. The number of likely N-dealkylation sites (N-methyl/N-ethyl adjacent to an activating group) is 1. The van der Waals surface area contributed by atoms with Gasteiger partial charge in [-0.05, 0) is 13.0 Å². The van der Waals surface area contributed by atoms with E-state index in [2.05, 4.69) is 23.6 Å². The number of rotatable bonds is 19. The predicted molar refractivity (Wildman–Crippen MR) is 121 cm³/mol. The van der Waals surface area contributed by atoms with E-state index < -0.39 is 0 Å². The van der Waals surface area contributed by atoms with Gasteiger partial charge in [0.1, 0.15) is 0 Å². The normalized spacial score (nSPS) is 18.6. The van der Waals surface area contributed by atoms with Crippen molar-refractivity contribution in [2.45, 2.75) is 123 Å². The zero-order chi connectivity index (χ0) is 19.6. The van der Waals surface area contributed by atoms with Crippen LogP contribution >= 0.6 is 0 Å². The summed E-state index contributed by atoms with van der Waals surface area (Å²) in [5.41, 5.74) is 5.78. The maximum atomic E-state index is 5.78. The van der Waals surface area contributed by atoms with E-state index >= 15 is 0 Å². The van der Waals surface area contributed by atoms with Gasteiger partial charge in [0.05, 0.1) is 6.17 Å². The lowest BCUT2D eigenvalue weighted by molar-refractivity contribution is 0.131. The van der Waals surface area contributed by atoms with Crippen molar-refractivity contribution in [3.63, 3.8) is 0 Å². The first kappa shape index (κ1) is 24.9. The second kappa shape index (κ2) is 17.9. The molecular weight excluding hydrogens is 330 g/mol. The predicted octanol–water partition coefficient (Wildman–Crippen LogP) is 6.17. The fraction of sp³-hybridized carbons (Fsp3) is 1.00. The molecule has 0 aromatic heterocycles. The Kier molecular flexibility index (Phi) is 16.6. The minimum absolute atomic E-state index is 0.667. The van der Waals surface area contributed by atoms with Crippen molar-refractivity contribution >= 4 is 0 Å². The minimum Gasteiger partial charge on any atom is -0.329 e. The monoisotopic (exact) mass is 381 g/mol. The number of hydrogen-bond acceptors (Lipinski definition) is 3. The molecule has 1 unspecified atom stereocenters. The van der Waals surface area contributed by atoms with Crippen molar-refractivity contribution in [2.24, 2.45) is 5.73 Å². The highest BCUT2D eigenvalue weighted by atomic mass is 15.4. The molecule has 0 saturated carbocycles. The molecule has 1 aliphatic rings. The lowest BCUT2D eigenvalue weighted by Crippen LogP contribution is -2.40. The van der Waals surface area contributed by atoms with Crippen LogP contribution in [0.3, 0.4) is 0 Å². The fourth-order valence-corrected chi connectivity index (χ4v) is 4.64. The molecule has 0 aromatic rings. The maximum absolute atomic E-state index is 5.78. The quantitative estimate of drug-likeness (QED) is 0.272. The summed E-state index contributed by atoms with van der Waals surface area (Å²) in [5, 5.41) is 0. The Bertz CT molecular complexity index is 308. The van der Waals surface area contributed by atoms with Crippen molar-refractivity contribution in [1.82, 2.24) is 9.80 Å². The van der Waals surface area contributed by atoms with Gasteiger partial charge in [-0.2, -0.15) is 0 Å². The topological polar surface area (TPSA) is 32.5 Å². The summed E-state index contributed by atoms with van der Waals surface area (Å²) in [6, 6.07) is 0. The van der Waals surface area contributed by atoms with Crippen LogP contribution in [0.25, 0.3) is 0 Å². The van der Waals surface area contributed by atoms with Crippen molar-refractivity contribution in [3.05, 3.63) is 0 Å².